The Bertz CT molecular complexity index is 1120. The standard InChI is InChI=1S/C24H29N5O3/c1-16(2)14-22-27-19-4-3-9-25-23(19)29(22)18-7-10-28(11-8-18)24(30)26-17-5-6-20-21(15-17)32-13-12-31-20/h3-6,9,15-16,18H,7-8,10-14H2,1-2H3,(H,26,30). The fraction of sp³-hybridized carbons (Fsp3) is 0.458. The highest BCUT2D eigenvalue weighted by molar-refractivity contribution is 5.89. The van der Waals surface area contributed by atoms with Gasteiger partial charge in [-0.05, 0) is 43.0 Å². The molecule has 4 heterocycles. The third kappa shape index (κ3) is 4.09. The summed E-state index contributed by atoms with van der Waals surface area (Å²) in [6.07, 6.45) is 4.50. The van der Waals surface area contributed by atoms with Crippen LogP contribution in [0.2, 0.25) is 0 Å². The van der Waals surface area contributed by atoms with Gasteiger partial charge in [-0.2, -0.15) is 0 Å². The minimum atomic E-state index is -0.0869. The molecule has 168 valence electrons. The molecule has 0 saturated carbocycles. The zero-order chi connectivity index (χ0) is 22.1. The summed E-state index contributed by atoms with van der Waals surface area (Å²) >= 11 is 0. The maximum Gasteiger partial charge on any atom is 0.321 e. The number of aromatic nitrogens is 3. The number of hydrogen-bond acceptors (Lipinski definition) is 5. The highest BCUT2D eigenvalue weighted by Crippen LogP contribution is 2.33. The SMILES string of the molecule is CC(C)Cc1nc2cccnc2n1C1CCN(C(=O)Nc2ccc3c(c2)OCCO3)CC1. The van der Waals surface area contributed by atoms with Crippen molar-refractivity contribution in [3.8, 4) is 11.5 Å². The number of carbonyl (C=O) groups is 1. The van der Waals surface area contributed by atoms with Gasteiger partial charge in [0.15, 0.2) is 17.1 Å². The van der Waals surface area contributed by atoms with Crippen molar-refractivity contribution in [1.29, 1.82) is 0 Å². The first-order valence-corrected chi connectivity index (χ1v) is 11.4. The van der Waals surface area contributed by atoms with Crippen LogP contribution in [0, 0.1) is 5.92 Å². The van der Waals surface area contributed by atoms with Crippen molar-refractivity contribution in [1.82, 2.24) is 19.4 Å². The van der Waals surface area contributed by atoms with Crippen LogP contribution in [0.4, 0.5) is 10.5 Å². The highest BCUT2D eigenvalue weighted by atomic mass is 16.6. The summed E-state index contributed by atoms with van der Waals surface area (Å²) in [5.41, 5.74) is 2.61. The fourth-order valence-corrected chi connectivity index (χ4v) is 4.52. The van der Waals surface area contributed by atoms with Gasteiger partial charge in [0.25, 0.3) is 0 Å². The number of fused-ring (bicyclic) bond motifs is 2. The topological polar surface area (TPSA) is 81.5 Å². The lowest BCUT2D eigenvalue weighted by molar-refractivity contribution is 0.171. The second-order valence-electron chi connectivity index (χ2n) is 8.85. The van der Waals surface area contributed by atoms with Crippen LogP contribution < -0.4 is 14.8 Å². The van der Waals surface area contributed by atoms with Gasteiger partial charge >= 0.3 is 6.03 Å². The summed E-state index contributed by atoms with van der Waals surface area (Å²) in [5.74, 6) is 2.99. The Morgan fingerprint density at radius 3 is 2.72 bits per heavy atom. The van der Waals surface area contributed by atoms with Crippen LogP contribution in [-0.4, -0.2) is 51.8 Å². The van der Waals surface area contributed by atoms with Crippen LogP contribution in [0.5, 0.6) is 11.5 Å². The number of benzene rings is 1. The fourth-order valence-electron chi connectivity index (χ4n) is 4.52. The summed E-state index contributed by atoms with van der Waals surface area (Å²) in [7, 11) is 0. The third-order valence-corrected chi connectivity index (χ3v) is 6.02. The molecule has 1 fully saturated rings. The predicted molar refractivity (Wildman–Crippen MR) is 122 cm³/mol. The van der Waals surface area contributed by atoms with Crippen LogP contribution in [0.25, 0.3) is 11.2 Å². The van der Waals surface area contributed by atoms with Crippen molar-refractivity contribution in [3.63, 3.8) is 0 Å². The van der Waals surface area contributed by atoms with Crippen molar-refractivity contribution in [2.24, 2.45) is 5.92 Å². The molecule has 1 saturated heterocycles. The monoisotopic (exact) mass is 435 g/mol. The van der Waals surface area contributed by atoms with Crippen LogP contribution in [0.1, 0.15) is 38.6 Å². The van der Waals surface area contributed by atoms with Crippen molar-refractivity contribution in [3.05, 3.63) is 42.4 Å². The first-order valence-electron chi connectivity index (χ1n) is 11.4. The molecule has 2 aliphatic rings. The molecule has 0 radical (unpaired) electrons. The molecule has 5 rings (SSSR count). The van der Waals surface area contributed by atoms with Gasteiger partial charge in [0.2, 0.25) is 0 Å². The molecule has 0 atom stereocenters. The molecule has 0 unspecified atom stereocenters. The van der Waals surface area contributed by atoms with Crippen LogP contribution in [-0.2, 0) is 6.42 Å². The second kappa shape index (κ2) is 8.68. The first-order chi connectivity index (χ1) is 15.6. The number of likely N-dealkylation sites (tertiary alicyclic amines) is 1. The molecule has 2 amide bonds. The number of hydrogen-bond donors (Lipinski definition) is 1. The molecule has 3 aromatic rings. The summed E-state index contributed by atoms with van der Waals surface area (Å²) in [6.45, 7) is 6.87. The van der Waals surface area contributed by atoms with Crippen LogP contribution >= 0.6 is 0 Å². The molecule has 2 aliphatic heterocycles. The Labute approximate surface area is 187 Å². The predicted octanol–water partition coefficient (Wildman–Crippen LogP) is 4.27. The maximum atomic E-state index is 12.9. The number of pyridine rings is 1. The van der Waals surface area contributed by atoms with Crippen molar-refractivity contribution >= 4 is 22.9 Å². The Balaban J connectivity index is 1.27. The average molecular weight is 436 g/mol. The third-order valence-electron chi connectivity index (χ3n) is 6.02. The minimum absolute atomic E-state index is 0.0869. The van der Waals surface area contributed by atoms with E-state index < -0.39 is 0 Å². The van der Waals surface area contributed by atoms with Crippen LogP contribution in [0.15, 0.2) is 36.5 Å². The van der Waals surface area contributed by atoms with E-state index in [4.69, 9.17) is 14.5 Å². The zero-order valence-corrected chi connectivity index (χ0v) is 18.6. The molecule has 2 aromatic heterocycles. The van der Waals surface area contributed by atoms with Gasteiger partial charge in [0, 0.05) is 43.5 Å². The molecule has 1 aromatic carbocycles. The Morgan fingerprint density at radius 1 is 1.16 bits per heavy atom. The number of anilines is 1. The quantitative estimate of drug-likeness (QED) is 0.662. The number of nitrogens with one attached hydrogen (secondary N) is 1. The second-order valence-corrected chi connectivity index (χ2v) is 8.85. The van der Waals surface area contributed by atoms with E-state index in [1.54, 1.807) is 0 Å². The van der Waals surface area contributed by atoms with Gasteiger partial charge < -0.3 is 24.3 Å². The molecule has 0 bridgehead atoms. The van der Waals surface area contributed by atoms with E-state index in [9.17, 15) is 4.79 Å². The molecular formula is C24H29N5O3. The highest BCUT2D eigenvalue weighted by Gasteiger charge is 2.27. The number of ether oxygens (including phenoxy) is 2. The van der Waals surface area contributed by atoms with E-state index in [1.165, 1.54) is 0 Å². The number of urea groups is 1. The van der Waals surface area contributed by atoms with Crippen molar-refractivity contribution < 1.29 is 14.3 Å². The minimum Gasteiger partial charge on any atom is -0.486 e. The van der Waals surface area contributed by atoms with Gasteiger partial charge in [-0.25, -0.2) is 14.8 Å². The smallest absolute Gasteiger partial charge is 0.321 e. The van der Waals surface area contributed by atoms with Gasteiger partial charge in [-0.3, -0.25) is 0 Å². The van der Waals surface area contributed by atoms with Crippen molar-refractivity contribution in [2.45, 2.75) is 39.2 Å². The Hall–Kier alpha value is -3.29. The van der Waals surface area contributed by atoms with E-state index >= 15 is 0 Å². The Kier molecular flexibility index (Phi) is 5.59. The summed E-state index contributed by atoms with van der Waals surface area (Å²) in [5, 5.41) is 3.00. The number of imidazole rings is 1. The molecule has 0 spiro atoms. The normalized spacial score (nSPS) is 16.5. The molecule has 32 heavy (non-hydrogen) atoms. The van der Waals surface area contributed by atoms with E-state index in [0.717, 1.165) is 36.3 Å². The summed E-state index contributed by atoms with van der Waals surface area (Å²) < 4.78 is 13.5. The zero-order valence-electron chi connectivity index (χ0n) is 18.6. The molecular weight excluding hydrogens is 406 g/mol. The van der Waals surface area contributed by atoms with Gasteiger partial charge in [-0.1, -0.05) is 13.8 Å². The lowest BCUT2D eigenvalue weighted by Gasteiger charge is -2.33. The van der Waals surface area contributed by atoms with E-state index in [0.29, 0.717) is 55.4 Å². The molecule has 8 nitrogen and oxygen atoms in total. The molecule has 0 aliphatic carbocycles. The lowest BCUT2D eigenvalue weighted by atomic mass is 10.0. The molecule has 8 heteroatoms. The number of amides is 2. The number of carbonyl (C=O) groups excluding carboxylic acids is 1. The Morgan fingerprint density at radius 2 is 1.94 bits per heavy atom. The number of nitrogens with zero attached hydrogens (tertiary/aromatic N) is 4. The van der Waals surface area contributed by atoms with Crippen LogP contribution in [0.3, 0.4) is 0 Å². The van der Waals surface area contributed by atoms with E-state index in [-0.39, 0.29) is 6.03 Å². The van der Waals surface area contributed by atoms with Gasteiger partial charge in [0.1, 0.15) is 24.6 Å². The summed E-state index contributed by atoms with van der Waals surface area (Å²) in [6, 6.07) is 9.67. The van der Waals surface area contributed by atoms with E-state index in [1.807, 2.05) is 41.4 Å². The largest absolute Gasteiger partial charge is 0.486 e. The average Bonchev–Trinajstić information content (AvgIpc) is 3.16. The number of piperidine rings is 1. The first kappa shape index (κ1) is 20.6. The maximum absolute atomic E-state index is 12.9. The van der Waals surface area contributed by atoms with Crippen molar-refractivity contribution in [2.75, 3.05) is 31.6 Å². The summed E-state index contributed by atoms with van der Waals surface area (Å²) in [4.78, 5) is 24.2. The van der Waals surface area contributed by atoms with E-state index in [2.05, 4.69) is 28.7 Å². The molecule has 1 N–H and O–H groups in total. The number of rotatable bonds is 4. The lowest BCUT2D eigenvalue weighted by Crippen LogP contribution is -2.41. The van der Waals surface area contributed by atoms with Gasteiger partial charge in [-0.15, -0.1) is 0 Å². The van der Waals surface area contributed by atoms with Gasteiger partial charge in [0.05, 0.1) is 0 Å².